The molecular weight excluding hydrogens is 280 g/mol. The van der Waals surface area contributed by atoms with E-state index in [4.69, 9.17) is 0 Å². The molecule has 6 nitrogen and oxygen atoms in total. The van der Waals surface area contributed by atoms with Crippen LogP contribution in [0.3, 0.4) is 0 Å². The zero-order chi connectivity index (χ0) is 16.0. The normalized spacial score (nSPS) is 13.4. The Kier molecular flexibility index (Phi) is 5.16. The van der Waals surface area contributed by atoms with Gasteiger partial charge in [0.15, 0.2) is 0 Å². The van der Waals surface area contributed by atoms with Gasteiger partial charge in [-0.25, -0.2) is 4.79 Å². The predicted molar refractivity (Wildman–Crippen MR) is 85.7 cm³/mol. The van der Waals surface area contributed by atoms with E-state index >= 15 is 0 Å². The van der Waals surface area contributed by atoms with Gasteiger partial charge < -0.3 is 15.7 Å². The molecule has 6 heteroatoms. The number of carbonyl (C=O) groups is 1. The number of hydrogen-bond donors (Lipinski definition) is 3. The van der Waals surface area contributed by atoms with Gasteiger partial charge in [0.2, 0.25) is 0 Å². The highest BCUT2D eigenvalue weighted by Crippen LogP contribution is 2.10. The molecular formula is C16H22N4O2. The van der Waals surface area contributed by atoms with E-state index in [-0.39, 0.29) is 12.6 Å². The highest BCUT2D eigenvalue weighted by Gasteiger charge is 2.23. The van der Waals surface area contributed by atoms with Gasteiger partial charge in [-0.15, -0.1) is 0 Å². The number of aromatic nitrogens is 2. The average Bonchev–Trinajstić information content (AvgIpc) is 2.95. The maximum atomic E-state index is 11.9. The van der Waals surface area contributed by atoms with Crippen LogP contribution in [0, 0.1) is 0 Å². The SMILES string of the molecule is CCC(C)(CO)NC(=O)Nc1cnn(Cc2ccccc2)c1. The van der Waals surface area contributed by atoms with Crippen LogP contribution in [0.25, 0.3) is 0 Å². The Morgan fingerprint density at radius 2 is 2.09 bits per heavy atom. The Morgan fingerprint density at radius 3 is 2.73 bits per heavy atom. The summed E-state index contributed by atoms with van der Waals surface area (Å²) in [6, 6.07) is 9.62. The molecule has 3 N–H and O–H groups in total. The molecule has 0 saturated heterocycles. The monoisotopic (exact) mass is 302 g/mol. The fourth-order valence-electron chi connectivity index (χ4n) is 1.96. The van der Waals surface area contributed by atoms with E-state index in [9.17, 15) is 9.90 Å². The highest BCUT2D eigenvalue weighted by atomic mass is 16.3. The largest absolute Gasteiger partial charge is 0.394 e. The first-order chi connectivity index (χ1) is 10.5. The number of aliphatic hydroxyl groups excluding tert-OH is 1. The van der Waals surface area contributed by atoms with Gasteiger partial charge in [0.05, 0.1) is 30.6 Å². The molecule has 0 aliphatic heterocycles. The molecule has 2 rings (SSSR count). The summed E-state index contributed by atoms with van der Waals surface area (Å²) in [6.07, 6.45) is 4.02. The zero-order valence-electron chi connectivity index (χ0n) is 12.9. The lowest BCUT2D eigenvalue weighted by molar-refractivity contribution is 0.172. The Hall–Kier alpha value is -2.34. The highest BCUT2D eigenvalue weighted by molar-refractivity contribution is 5.89. The average molecular weight is 302 g/mol. The first-order valence-electron chi connectivity index (χ1n) is 7.31. The van der Waals surface area contributed by atoms with Gasteiger partial charge in [0.1, 0.15) is 0 Å². The molecule has 1 atom stereocenters. The molecule has 0 aliphatic carbocycles. The number of amides is 2. The van der Waals surface area contributed by atoms with Crippen LogP contribution in [-0.4, -0.2) is 33.1 Å². The lowest BCUT2D eigenvalue weighted by Gasteiger charge is -2.26. The smallest absolute Gasteiger partial charge is 0.319 e. The van der Waals surface area contributed by atoms with Crippen LogP contribution in [0.2, 0.25) is 0 Å². The van der Waals surface area contributed by atoms with E-state index in [2.05, 4.69) is 15.7 Å². The summed E-state index contributed by atoms with van der Waals surface area (Å²) in [5, 5.41) is 19.0. The van der Waals surface area contributed by atoms with Gasteiger partial charge in [-0.05, 0) is 18.9 Å². The molecule has 0 radical (unpaired) electrons. The van der Waals surface area contributed by atoms with Crippen molar-refractivity contribution in [1.29, 1.82) is 0 Å². The number of hydrogen-bond acceptors (Lipinski definition) is 3. The number of rotatable bonds is 6. The van der Waals surface area contributed by atoms with Crippen molar-refractivity contribution < 1.29 is 9.90 Å². The molecule has 1 unspecified atom stereocenters. The van der Waals surface area contributed by atoms with Gasteiger partial charge in [-0.1, -0.05) is 37.3 Å². The standard InChI is InChI=1S/C16H22N4O2/c1-3-16(2,12-21)19-15(22)18-14-9-17-20(11-14)10-13-7-5-4-6-8-13/h4-9,11,21H,3,10,12H2,1-2H3,(H2,18,19,22). The number of benzene rings is 1. The van der Waals surface area contributed by atoms with Crippen molar-refractivity contribution in [2.75, 3.05) is 11.9 Å². The lowest BCUT2D eigenvalue weighted by atomic mass is 10.0. The number of anilines is 1. The molecule has 1 heterocycles. The summed E-state index contributed by atoms with van der Waals surface area (Å²) in [6.45, 7) is 4.25. The van der Waals surface area contributed by atoms with Gasteiger partial charge in [0, 0.05) is 6.20 Å². The van der Waals surface area contributed by atoms with Crippen molar-refractivity contribution in [2.24, 2.45) is 0 Å². The third-order valence-corrected chi connectivity index (χ3v) is 3.62. The summed E-state index contributed by atoms with van der Waals surface area (Å²) in [4.78, 5) is 11.9. The van der Waals surface area contributed by atoms with E-state index in [0.717, 1.165) is 5.56 Å². The summed E-state index contributed by atoms with van der Waals surface area (Å²) < 4.78 is 1.76. The van der Waals surface area contributed by atoms with Crippen molar-refractivity contribution in [3.8, 4) is 0 Å². The molecule has 0 saturated carbocycles. The summed E-state index contributed by atoms with van der Waals surface area (Å²) in [7, 11) is 0. The van der Waals surface area contributed by atoms with Gasteiger partial charge in [0.25, 0.3) is 0 Å². The van der Waals surface area contributed by atoms with Crippen molar-refractivity contribution in [3.05, 3.63) is 48.3 Å². The third-order valence-electron chi connectivity index (χ3n) is 3.62. The summed E-state index contributed by atoms with van der Waals surface area (Å²) in [5.41, 5.74) is 1.13. The van der Waals surface area contributed by atoms with Crippen molar-refractivity contribution in [1.82, 2.24) is 15.1 Å². The molecule has 22 heavy (non-hydrogen) atoms. The maximum absolute atomic E-state index is 11.9. The quantitative estimate of drug-likeness (QED) is 0.765. The minimum Gasteiger partial charge on any atom is -0.394 e. The first-order valence-corrected chi connectivity index (χ1v) is 7.31. The van der Waals surface area contributed by atoms with E-state index in [1.165, 1.54) is 0 Å². The second-order valence-corrected chi connectivity index (χ2v) is 5.56. The van der Waals surface area contributed by atoms with Gasteiger partial charge in [-0.2, -0.15) is 5.10 Å². The van der Waals surface area contributed by atoms with E-state index < -0.39 is 5.54 Å². The number of carbonyl (C=O) groups excluding carboxylic acids is 1. The molecule has 0 fully saturated rings. The molecule has 0 aliphatic rings. The predicted octanol–water partition coefficient (Wildman–Crippen LogP) is 2.21. The Labute approximate surface area is 130 Å². The van der Waals surface area contributed by atoms with Crippen molar-refractivity contribution >= 4 is 11.7 Å². The van der Waals surface area contributed by atoms with Crippen LogP contribution in [0.5, 0.6) is 0 Å². The molecule has 1 aromatic heterocycles. The van der Waals surface area contributed by atoms with Gasteiger partial charge >= 0.3 is 6.03 Å². The van der Waals surface area contributed by atoms with Crippen LogP contribution in [0.15, 0.2) is 42.7 Å². The minimum atomic E-state index is -0.621. The molecule has 2 amide bonds. The third kappa shape index (κ3) is 4.33. The molecule has 0 bridgehead atoms. The molecule has 0 spiro atoms. The first kappa shape index (κ1) is 16.0. The fourth-order valence-corrected chi connectivity index (χ4v) is 1.96. The number of nitrogens with zero attached hydrogens (tertiary/aromatic N) is 2. The van der Waals surface area contributed by atoms with Crippen LogP contribution >= 0.6 is 0 Å². The second-order valence-electron chi connectivity index (χ2n) is 5.56. The lowest BCUT2D eigenvalue weighted by Crippen LogP contribution is -2.50. The Morgan fingerprint density at radius 1 is 1.36 bits per heavy atom. The Bertz CT molecular complexity index is 606. The topological polar surface area (TPSA) is 79.2 Å². The van der Waals surface area contributed by atoms with E-state index in [1.54, 1.807) is 24.0 Å². The maximum Gasteiger partial charge on any atom is 0.319 e. The van der Waals surface area contributed by atoms with E-state index in [1.807, 2.05) is 37.3 Å². The van der Waals surface area contributed by atoms with Crippen LogP contribution < -0.4 is 10.6 Å². The molecule has 2 aromatic rings. The van der Waals surface area contributed by atoms with E-state index in [0.29, 0.717) is 18.7 Å². The van der Waals surface area contributed by atoms with Crippen molar-refractivity contribution in [2.45, 2.75) is 32.4 Å². The Balaban J connectivity index is 1.93. The van der Waals surface area contributed by atoms with Crippen LogP contribution in [-0.2, 0) is 6.54 Å². The zero-order valence-corrected chi connectivity index (χ0v) is 12.9. The number of nitrogens with one attached hydrogen (secondary N) is 2. The minimum absolute atomic E-state index is 0.107. The fraction of sp³-hybridized carbons (Fsp3) is 0.375. The molecule has 118 valence electrons. The van der Waals surface area contributed by atoms with Crippen molar-refractivity contribution in [3.63, 3.8) is 0 Å². The van der Waals surface area contributed by atoms with Gasteiger partial charge in [-0.3, -0.25) is 4.68 Å². The second kappa shape index (κ2) is 7.09. The summed E-state index contributed by atoms with van der Waals surface area (Å²) in [5.74, 6) is 0. The van der Waals surface area contributed by atoms with Crippen LogP contribution in [0.4, 0.5) is 10.5 Å². The summed E-state index contributed by atoms with van der Waals surface area (Å²) >= 11 is 0. The number of urea groups is 1. The number of aliphatic hydroxyl groups is 1. The van der Waals surface area contributed by atoms with Crippen LogP contribution in [0.1, 0.15) is 25.8 Å². The molecule has 1 aromatic carbocycles.